The first-order chi connectivity index (χ1) is 17.4. The van der Waals surface area contributed by atoms with Crippen LogP contribution < -0.4 is 10.2 Å². The highest BCUT2D eigenvalue weighted by Gasteiger charge is 2.36. The van der Waals surface area contributed by atoms with Gasteiger partial charge in [0.1, 0.15) is 6.54 Å². The summed E-state index contributed by atoms with van der Waals surface area (Å²) < 4.78 is 7.55. The molecule has 0 spiro atoms. The first-order valence-electron chi connectivity index (χ1n) is 12.3. The van der Waals surface area contributed by atoms with Crippen LogP contribution in [0.1, 0.15) is 36.5 Å². The van der Waals surface area contributed by atoms with Crippen molar-refractivity contribution in [2.45, 2.75) is 45.8 Å². The molecule has 2 saturated heterocycles. The Morgan fingerprint density at radius 2 is 2.00 bits per heavy atom. The van der Waals surface area contributed by atoms with Gasteiger partial charge in [-0.05, 0) is 61.7 Å². The molecular weight excluding hydrogens is 474 g/mol. The molecule has 1 atom stereocenters. The van der Waals surface area contributed by atoms with E-state index in [1.165, 1.54) is 4.90 Å². The maximum atomic E-state index is 13.2. The fourth-order valence-corrected chi connectivity index (χ4v) is 5.59. The maximum Gasteiger partial charge on any atom is 0.298 e. The zero-order chi connectivity index (χ0) is 25.2. The standard InChI is InChI=1S/C28H29N3O4S/c1-3-19-6-4-8-23-20(16-30(26(19)23)17-25(32)29-15-22-7-5-13-35-22)14-24-27(33)31(28(34)36-24)21-11-9-18(2)10-12-21/h4,6,8-12,14,16,22H,3,5,7,13,15,17H2,1-2H3,(H,29,32)/b24-14-/t22-/m1/s1. The molecule has 36 heavy (non-hydrogen) atoms. The van der Waals surface area contributed by atoms with Gasteiger partial charge in [0, 0.05) is 30.3 Å². The topological polar surface area (TPSA) is 80.6 Å². The molecule has 1 aromatic heterocycles. The average molecular weight is 504 g/mol. The van der Waals surface area contributed by atoms with Crippen molar-refractivity contribution in [3.63, 3.8) is 0 Å². The number of amides is 3. The SMILES string of the molecule is CCc1cccc2c(/C=C3\SC(=O)N(c4ccc(C)cc4)C3=O)cn(CC(=O)NC[C@H]3CCCO3)c12. The lowest BCUT2D eigenvalue weighted by Gasteiger charge is -2.12. The van der Waals surface area contributed by atoms with E-state index in [9.17, 15) is 14.4 Å². The Hall–Kier alpha value is -3.36. The van der Waals surface area contributed by atoms with Crippen LogP contribution in [-0.4, -0.2) is 40.9 Å². The number of carbonyl (C=O) groups excluding carboxylic acids is 3. The van der Waals surface area contributed by atoms with E-state index in [0.717, 1.165) is 65.2 Å². The predicted molar refractivity (Wildman–Crippen MR) is 143 cm³/mol. The number of ether oxygens (including phenoxy) is 1. The van der Waals surface area contributed by atoms with E-state index in [-0.39, 0.29) is 29.7 Å². The molecule has 0 saturated carbocycles. The number of hydrogen-bond donors (Lipinski definition) is 1. The minimum atomic E-state index is -0.337. The lowest BCUT2D eigenvalue weighted by molar-refractivity contribution is -0.122. The number of thioether (sulfide) groups is 1. The molecule has 7 nitrogen and oxygen atoms in total. The Bertz CT molecular complexity index is 1350. The van der Waals surface area contributed by atoms with Crippen LogP contribution in [0.3, 0.4) is 0 Å². The van der Waals surface area contributed by atoms with Crippen LogP contribution in [-0.2, 0) is 27.3 Å². The van der Waals surface area contributed by atoms with Crippen LogP contribution in [0.2, 0.25) is 0 Å². The number of hydrogen-bond acceptors (Lipinski definition) is 5. The Labute approximate surface area is 214 Å². The van der Waals surface area contributed by atoms with Crippen LogP contribution >= 0.6 is 11.8 Å². The number of anilines is 1. The number of carbonyl (C=O) groups is 3. The quantitative estimate of drug-likeness (QED) is 0.457. The minimum Gasteiger partial charge on any atom is -0.376 e. The molecule has 0 aliphatic carbocycles. The summed E-state index contributed by atoms with van der Waals surface area (Å²) in [5.74, 6) is -0.421. The molecule has 0 unspecified atom stereocenters. The Kier molecular flexibility index (Phi) is 6.98. The lowest BCUT2D eigenvalue weighted by Crippen LogP contribution is -2.34. The van der Waals surface area contributed by atoms with Crippen LogP contribution in [0.25, 0.3) is 17.0 Å². The first-order valence-corrected chi connectivity index (χ1v) is 13.1. The van der Waals surface area contributed by atoms with Gasteiger partial charge in [0.05, 0.1) is 22.2 Å². The van der Waals surface area contributed by atoms with Gasteiger partial charge in [0.2, 0.25) is 5.91 Å². The van der Waals surface area contributed by atoms with E-state index in [4.69, 9.17) is 4.74 Å². The number of benzene rings is 2. The summed E-state index contributed by atoms with van der Waals surface area (Å²) in [5.41, 5.74) is 4.51. The number of rotatable bonds is 7. The smallest absolute Gasteiger partial charge is 0.298 e. The number of aryl methyl sites for hydroxylation is 2. The van der Waals surface area contributed by atoms with Crippen molar-refractivity contribution in [3.8, 4) is 0 Å². The van der Waals surface area contributed by atoms with E-state index < -0.39 is 0 Å². The number of imide groups is 1. The molecule has 3 aromatic rings. The molecule has 3 heterocycles. The molecule has 8 heteroatoms. The second-order valence-corrected chi connectivity index (χ2v) is 10.2. The second kappa shape index (κ2) is 10.3. The molecule has 0 radical (unpaired) electrons. The summed E-state index contributed by atoms with van der Waals surface area (Å²) in [6, 6.07) is 13.4. The van der Waals surface area contributed by atoms with Gasteiger partial charge < -0.3 is 14.6 Å². The van der Waals surface area contributed by atoms with Crippen molar-refractivity contribution in [1.29, 1.82) is 0 Å². The zero-order valence-corrected chi connectivity index (χ0v) is 21.3. The molecule has 1 N–H and O–H groups in total. The molecule has 0 bridgehead atoms. The first kappa shape index (κ1) is 24.3. The molecule has 2 aliphatic rings. The van der Waals surface area contributed by atoms with Gasteiger partial charge in [-0.3, -0.25) is 14.4 Å². The summed E-state index contributed by atoms with van der Waals surface area (Å²) in [6.45, 7) is 5.47. The van der Waals surface area contributed by atoms with Gasteiger partial charge in [0.15, 0.2) is 0 Å². The predicted octanol–water partition coefficient (Wildman–Crippen LogP) is 5.05. The van der Waals surface area contributed by atoms with E-state index in [1.807, 2.05) is 42.0 Å². The summed E-state index contributed by atoms with van der Waals surface area (Å²) >= 11 is 0.936. The third-order valence-electron chi connectivity index (χ3n) is 6.63. The number of aromatic nitrogens is 1. The largest absolute Gasteiger partial charge is 0.376 e. The second-order valence-electron chi connectivity index (χ2n) is 9.17. The maximum absolute atomic E-state index is 13.2. The Morgan fingerprint density at radius 3 is 2.72 bits per heavy atom. The van der Waals surface area contributed by atoms with Crippen LogP contribution in [0, 0.1) is 6.92 Å². The lowest BCUT2D eigenvalue weighted by atomic mass is 10.1. The summed E-state index contributed by atoms with van der Waals surface area (Å²) in [6.07, 6.45) is 6.55. The molecule has 2 aliphatic heterocycles. The number of nitrogens with one attached hydrogen (secondary N) is 1. The third kappa shape index (κ3) is 4.83. The number of fused-ring (bicyclic) bond motifs is 1. The normalized spacial score (nSPS) is 19.1. The van der Waals surface area contributed by atoms with Crippen molar-refractivity contribution >= 4 is 51.5 Å². The van der Waals surface area contributed by atoms with E-state index in [1.54, 1.807) is 18.2 Å². The monoisotopic (exact) mass is 503 g/mol. The third-order valence-corrected chi connectivity index (χ3v) is 7.50. The molecular formula is C28H29N3O4S. The van der Waals surface area contributed by atoms with Crippen molar-refractivity contribution in [2.24, 2.45) is 0 Å². The van der Waals surface area contributed by atoms with E-state index in [2.05, 4.69) is 18.3 Å². The summed E-state index contributed by atoms with van der Waals surface area (Å²) in [7, 11) is 0. The highest BCUT2D eigenvalue weighted by atomic mass is 32.2. The van der Waals surface area contributed by atoms with Gasteiger partial charge in [0.25, 0.3) is 11.1 Å². The van der Waals surface area contributed by atoms with Crippen molar-refractivity contribution < 1.29 is 19.1 Å². The van der Waals surface area contributed by atoms with Crippen molar-refractivity contribution in [2.75, 3.05) is 18.1 Å². The fourth-order valence-electron chi connectivity index (χ4n) is 4.76. The molecule has 186 valence electrons. The Morgan fingerprint density at radius 1 is 1.19 bits per heavy atom. The van der Waals surface area contributed by atoms with Gasteiger partial charge in [-0.25, -0.2) is 4.90 Å². The van der Waals surface area contributed by atoms with E-state index >= 15 is 0 Å². The van der Waals surface area contributed by atoms with Crippen molar-refractivity contribution in [3.05, 3.63) is 70.3 Å². The fraction of sp³-hybridized carbons (Fsp3) is 0.321. The molecule has 2 aromatic carbocycles. The van der Waals surface area contributed by atoms with Gasteiger partial charge in [-0.1, -0.05) is 42.8 Å². The Balaban J connectivity index is 1.44. The summed E-state index contributed by atoms with van der Waals surface area (Å²) in [4.78, 5) is 40.3. The van der Waals surface area contributed by atoms with Crippen molar-refractivity contribution in [1.82, 2.24) is 9.88 Å². The molecule has 2 fully saturated rings. The number of nitrogens with zero attached hydrogens (tertiary/aromatic N) is 2. The highest BCUT2D eigenvalue weighted by molar-refractivity contribution is 8.19. The van der Waals surface area contributed by atoms with Crippen LogP contribution in [0.15, 0.2) is 53.6 Å². The van der Waals surface area contributed by atoms with Crippen LogP contribution in [0.4, 0.5) is 10.5 Å². The highest BCUT2D eigenvalue weighted by Crippen LogP contribution is 2.37. The average Bonchev–Trinajstić information content (AvgIpc) is 3.58. The van der Waals surface area contributed by atoms with Gasteiger partial charge in [-0.15, -0.1) is 0 Å². The van der Waals surface area contributed by atoms with E-state index in [0.29, 0.717) is 17.1 Å². The number of para-hydroxylation sites is 1. The minimum absolute atomic E-state index is 0.0837. The summed E-state index contributed by atoms with van der Waals surface area (Å²) in [5, 5.41) is 3.62. The van der Waals surface area contributed by atoms with Crippen LogP contribution in [0.5, 0.6) is 0 Å². The van der Waals surface area contributed by atoms with Gasteiger partial charge >= 0.3 is 0 Å². The molecule has 5 rings (SSSR count). The van der Waals surface area contributed by atoms with Gasteiger partial charge in [-0.2, -0.15) is 0 Å². The molecule has 3 amide bonds. The zero-order valence-electron chi connectivity index (χ0n) is 20.5.